The van der Waals surface area contributed by atoms with Gasteiger partial charge in [-0.1, -0.05) is 78.9 Å². The molecule has 3 aromatic carbocycles. The van der Waals surface area contributed by atoms with Gasteiger partial charge in [0.2, 0.25) is 5.91 Å². The summed E-state index contributed by atoms with van der Waals surface area (Å²) in [5.74, 6) is -3.49. The molecule has 40 heavy (non-hydrogen) atoms. The van der Waals surface area contributed by atoms with Gasteiger partial charge in [-0.25, -0.2) is 9.59 Å². The van der Waals surface area contributed by atoms with Crippen LogP contribution in [0.1, 0.15) is 36.0 Å². The van der Waals surface area contributed by atoms with Gasteiger partial charge in [-0.2, -0.15) is 0 Å². The third-order valence-corrected chi connectivity index (χ3v) is 6.61. The number of fused-ring (bicyclic) bond motifs is 3. The molecule has 10 heteroatoms. The second kappa shape index (κ2) is 12.9. The summed E-state index contributed by atoms with van der Waals surface area (Å²) in [6.45, 7) is 1.11. The van der Waals surface area contributed by atoms with Crippen molar-refractivity contribution < 1.29 is 38.9 Å². The van der Waals surface area contributed by atoms with Crippen LogP contribution >= 0.6 is 0 Å². The van der Waals surface area contributed by atoms with Crippen molar-refractivity contribution in [3.8, 4) is 11.1 Å². The number of benzene rings is 3. The summed E-state index contributed by atoms with van der Waals surface area (Å²) in [5.41, 5.74) is 4.81. The number of nitrogens with one attached hydrogen (secondary N) is 2. The highest BCUT2D eigenvalue weighted by molar-refractivity contribution is 5.92. The number of aliphatic hydroxyl groups excluding tert-OH is 1. The van der Waals surface area contributed by atoms with Crippen LogP contribution in [0.25, 0.3) is 11.1 Å². The Balaban J connectivity index is 1.43. The van der Waals surface area contributed by atoms with E-state index in [1.54, 1.807) is 24.3 Å². The fraction of sp³-hybridized carbons (Fsp3) is 0.267. The van der Waals surface area contributed by atoms with Crippen molar-refractivity contribution in [2.45, 2.75) is 44.1 Å². The van der Waals surface area contributed by atoms with Crippen LogP contribution in [0, 0.1) is 0 Å². The average Bonchev–Trinajstić information content (AvgIpc) is 3.27. The molecular weight excluding hydrogens is 516 g/mol. The fourth-order valence-electron chi connectivity index (χ4n) is 4.60. The summed E-state index contributed by atoms with van der Waals surface area (Å²) in [7, 11) is 0. The molecule has 2 amide bonds. The monoisotopic (exact) mass is 546 g/mol. The van der Waals surface area contributed by atoms with E-state index in [2.05, 4.69) is 10.6 Å². The topological polar surface area (TPSA) is 151 Å². The first kappa shape index (κ1) is 28.3. The van der Waals surface area contributed by atoms with E-state index in [-0.39, 0.29) is 19.1 Å². The first-order chi connectivity index (χ1) is 19.2. The van der Waals surface area contributed by atoms with E-state index in [1.165, 1.54) is 6.92 Å². The molecule has 0 saturated carbocycles. The van der Waals surface area contributed by atoms with Crippen molar-refractivity contribution in [3.63, 3.8) is 0 Å². The number of ether oxygens (including phenoxy) is 2. The van der Waals surface area contributed by atoms with Crippen molar-refractivity contribution in [3.05, 3.63) is 95.6 Å². The molecule has 0 radical (unpaired) electrons. The van der Waals surface area contributed by atoms with Crippen LogP contribution in [0.4, 0.5) is 4.79 Å². The lowest BCUT2D eigenvalue weighted by Crippen LogP contribution is -2.55. The quantitative estimate of drug-likeness (QED) is 0.268. The molecule has 10 nitrogen and oxygen atoms in total. The number of esters is 1. The average molecular weight is 547 g/mol. The SMILES string of the molecule is C[C@@H](O)[C@H](NC(=O)[C@H](CC(=O)OCc1ccccc1)NC(=O)OCC1c2ccccc2-c2ccccc21)C(=O)O. The number of rotatable bonds is 11. The van der Waals surface area contributed by atoms with Gasteiger partial charge in [-0.15, -0.1) is 0 Å². The van der Waals surface area contributed by atoms with Gasteiger partial charge in [0.1, 0.15) is 19.3 Å². The second-order valence-electron chi connectivity index (χ2n) is 9.44. The molecule has 4 N–H and O–H groups in total. The molecule has 0 saturated heterocycles. The number of hydrogen-bond donors (Lipinski definition) is 4. The van der Waals surface area contributed by atoms with Crippen LogP contribution < -0.4 is 10.6 Å². The zero-order valence-electron chi connectivity index (χ0n) is 21.8. The summed E-state index contributed by atoms with van der Waals surface area (Å²) >= 11 is 0. The highest BCUT2D eigenvalue weighted by Gasteiger charge is 2.33. The standard InChI is InChI=1S/C30H30N2O8/c1-18(33)27(29(36)37)32-28(35)25(15-26(34)39-16-19-9-3-2-4-10-19)31-30(38)40-17-24-22-13-7-5-11-20(22)21-12-6-8-14-23(21)24/h2-14,18,24-25,27,33H,15-17H2,1H3,(H,31,38)(H,32,35)(H,36,37)/t18-,25+,27+/m1/s1. The molecule has 0 fully saturated rings. The van der Waals surface area contributed by atoms with Crippen molar-refractivity contribution >= 4 is 23.9 Å². The van der Waals surface area contributed by atoms with E-state index in [9.17, 15) is 29.4 Å². The zero-order valence-corrected chi connectivity index (χ0v) is 21.8. The highest BCUT2D eigenvalue weighted by Crippen LogP contribution is 2.44. The van der Waals surface area contributed by atoms with Gasteiger partial charge in [0.05, 0.1) is 12.5 Å². The third kappa shape index (κ3) is 6.83. The molecule has 0 bridgehead atoms. The van der Waals surface area contributed by atoms with Gasteiger partial charge < -0.3 is 30.3 Å². The van der Waals surface area contributed by atoms with Crippen molar-refractivity contribution in [2.24, 2.45) is 0 Å². The van der Waals surface area contributed by atoms with Gasteiger partial charge in [-0.05, 0) is 34.7 Å². The summed E-state index contributed by atoms with van der Waals surface area (Å²) in [5, 5.41) is 23.6. The van der Waals surface area contributed by atoms with Gasteiger partial charge in [0.25, 0.3) is 0 Å². The molecular formula is C30H30N2O8. The maximum Gasteiger partial charge on any atom is 0.407 e. The third-order valence-electron chi connectivity index (χ3n) is 6.61. The van der Waals surface area contributed by atoms with E-state index in [0.717, 1.165) is 27.8 Å². The smallest absolute Gasteiger partial charge is 0.407 e. The number of carboxylic acid groups (broad SMARTS) is 1. The van der Waals surface area contributed by atoms with Crippen LogP contribution in [0.15, 0.2) is 78.9 Å². The summed E-state index contributed by atoms with van der Waals surface area (Å²) in [6, 6.07) is 21.3. The predicted molar refractivity (Wildman–Crippen MR) is 144 cm³/mol. The van der Waals surface area contributed by atoms with Gasteiger partial charge >= 0.3 is 18.0 Å². The molecule has 0 unspecified atom stereocenters. The number of aliphatic hydroxyl groups is 1. The second-order valence-corrected chi connectivity index (χ2v) is 9.44. The van der Waals surface area contributed by atoms with Crippen molar-refractivity contribution in [1.29, 1.82) is 0 Å². The molecule has 0 aliphatic heterocycles. The summed E-state index contributed by atoms with van der Waals surface area (Å²) < 4.78 is 10.7. The first-order valence-corrected chi connectivity index (χ1v) is 12.8. The maximum atomic E-state index is 12.9. The first-order valence-electron chi connectivity index (χ1n) is 12.8. The highest BCUT2D eigenvalue weighted by atomic mass is 16.5. The van der Waals surface area contributed by atoms with Gasteiger partial charge in [0.15, 0.2) is 6.04 Å². The van der Waals surface area contributed by atoms with Crippen LogP contribution in [0.3, 0.4) is 0 Å². The van der Waals surface area contributed by atoms with Crippen LogP contribution in [-0.2, 0) is 30.5 Å². The number of carbonyl (C=O) groups excluding carboxylic acids is 3. The molecule has 0 heterocycles. The van der Waals surface area contributed by atoms with Gasteiger partial charge in [-0.3, -0.25) is 9.59 Å². The molecule has 0 aromatic heterocycles. The number of hydrogen-bond acceptors (Lipinski definition) is 7. The Morgan fingerprint density at radius 1 is 0.825 bits per heavy atom. The lowest BCUT2D eigenvalue weighted by molar-refractivity contribution is -0.148. The molecule has 208 valence electrons. The minimum absolute atomic E-state index is 0.0297. The Morgan fingerprint density at radius 3 is 1.98 bits per heavy atom. The molecule has 3 atom stereocenters. The Kier molecular flexibility index (Phi) is 9.13. The number of carbonyl (C=O) groups is 4. The fourth-order valence-corrected chi connectivity index (χ4v) is 4.60. The maximum absolute atomic E-state index is 12.9. The molecule has 3 aromatic rings. The number of aliphatic carboxylic acids is 1. The summed E-state index contributed by atoms with van der Waals surface area (Å²) in [6.07, 6.45) is -2.99. The Labute approximate surface area is 230 Å². The predicted octanol–water partition coefficient (Wildman–Crippen LogP) is 2.98. The molecule has 1 aliphatic rings. The van der Waals surface area contributed by atoms with E-state index in [0.29, 0.717) is 0 Å². The van der Waals surface area contributed by atoms with Crippen molar-refractivity contribution in [2.75, 3.05) is 6.61 Å². The largest absolute Gasteiger partial charge is 0.480 e. The van der Waals surface area contributed by atoms with E-state index >= 15 is 0 Å². The normalized spacial score (nSPS) is 14.2. The lowest BCUT2D eigenvalue weighted by Gasteiger charge is -2.22. The van der Waals surface area contributed by atoms with E-state index in [1.807, 2.05) is 54.6 Å². The van der Waals surface area contributed by atoms with Crippen LogP contribution in [-0.4, -0.2) is 58.9 Å². The van der Waals surface area contributed by atoms with E-state index in [4.69, 9.17) is 9.47 Å². The van der Waals surface area contributed by atoms with Gasteiger partial charge in [0, 0.05) is 5.92 Å². The van der Waals surface area contributed by atoms with E-state index < -0.39 is 48.5 Å². The number of carboxylic acids is 1. The minimum Gasteiger partial charge on any atom is -0.480 e. The Hall–Kier alpha value is -4.70. The number of amides is 2. The zero-order chi connectivity index (χ0) is 28.6. The lowest BCUT2D eigenvalue weighted by atomic mass is 9.98. The van der Waals surface area contributed by atoms with Crippen molar-refractivity contribution in [1.82, 2.24) is 10.6 Å². The van der Waals surface area contributed by atoms with Crippen LogP contribution in [0.2, 0.25) is 0 Å². The molecule has 0 spiro atoms. The number of alkyl carbamates (subject to hydrolysis) is 1. The Bertz CT molecular complexity index is 1330. The molecule has 4 rings (SSSR count). The Morgan fingerprint density at radius 2 is 1.40 bits per heavy atom. The summed E-state index contributed by atoms with van der Waals surface area (Å²) in [4.78, 5) is 49.8. The molecule has 1 aliphatic carbocycles. The minimum atomic E-state index is -1.65. The van der Waals surface area contributed by atoms with Crippen LogP contribution in [0.5, 0.6) is 0 Å².